The zero-order valence-electron chi connectivity index (χ0n) is 27.9. The summed E-state index contributed by atoms with van der Waals surface area (Å²) in [7, 11) is 0. The van der Waals surface area contributed by atoms with Gasteiger partial charge in [0.2, 0.25) is 5.91 Å². The van der Waals surface area contributed by atoms with E-state index >= 15 is 0 Å². The molecule has 0 bridgehead atoms. The maximum absolute atomic E-state index is 13.3. The molecule has 3 aliphatic rings. The van der Waals surface area contributed by atoms with E-state index in [0.29, 0.717) is 50.4 Å². The van der Waals surface area contributed by atoms with Crippen molar-refractivity contribution in [1.29, 1.82) is 0 Å². The predicted octanol–water partition coefficient (Wildman–Crippen LogP) is 7.64. The van der Waals surface area contributed by atoms with E-state index in [1.807, 2.05) is 58.6 Å². The molecule has 0 radical (unpaired) electrons. The normalized spacial score (nSPS) is 21.1. The molecule has 13 heteroatoms. The number of nitrogens with zero attached hydrogens (tertiary/aromatic N) is 3. The highest BCUT2D eigenvalue weighted by molar-refractivity contribution is 9.10. The second kappa shape index (κ2) is 13.3. The highest BCUT2D eigenvalue weighted by Gasteiger charge is 2.43. The van der Waals surface area contributed by atoms with Crippen LogP contribution in [0, 0.1) is 11.8 Å². The van der Waals surface area contributed by atoms with Gasteiger partial charge in [0.05, 0.1) is 16.8 Å². The summed E-state index contributed by atoms with van der Waals surface area (Å²) >= 11 is 6.69. The van der Waals surface area contributed by atoms with Gasteiger partial charge in [-0.15, -0.1) is 22.7 Å². The lowest BCUT2D eigenvalue weighted by atomic mass is 10.0. The van der Waals surface area contributed by atoms with Gasteiger partial charge in [0.15, 0.2) is 0 Å². The molecule has 10 nitrogen and oxygen atoms in total. The largest absolute Gasteiger partial charge is 0.444 e. The number of amides is 3. The van der Waals surface area contributed by atoms with Crippen molar-refractivity contribution in [2.75, 3.05) is 31.5 Å². The topological polar surface area (TPSA) is 113 Å². The molecule has 2 N–H and O–H groups in total. The Bertz CT molecular complexity index is 1660. The van der Waals surface area contributed by atoms with Crippen LogP contribution in [0.3, 0.4) is 0 Å². The summed E-state index contributed by atoms with van der Waals surface area (Å²) in [6, 6.07) is 6.41. The van der Waals surface area contributed by atoms with Gasteiger partial charge in [0.25, 0.3) is 0 Å². The molecule has 1 unspecified atom stereocenters. The summed E-state index contributed by atoms with van der Waals surface area (Å²) in [5.74, 6) is 0.867. The average Bonchev–Trinajstić information content (AvgIpc) is 3.71. The Morgan fingerprint density at radius 1 is 0.979 bits per heavy atom. The van der Waals surface area contributed by atoms with Crippen LogP contribution in [0.2, 0.25) is 0 Å². The van der Waals surface area contributed by atoms with Crippen LogP contribution in [0.4, 0.5) is 14.6 Å². The van der Waals surface area contributed by atoms with Gasteiger partial charge in [-0.3, -0.25) is 4.79 Å². The summed E-state index contributed by atoms with van der Waals surface area (Å²) < 4.78 is 13.3. The van der Waals surface area contributed by atoms with Crippen LogP contribution in [0.25, 0.3) is 20.8 Å². The van der Waals surface area contributed by atoms with E-state index in [9.17, 15) is 14.4 Å². The van der Waals surface area contributed by atoms with E-state index < -0.39 is 11.2 Å². The molecule has 0 spiro atoms. The number of carbonyl (C=O) groups excluding carboxylic acids is 3. The minimum atomic E-state index is -0.571. The van der Waals surface area contributed by atoms with E-state index in [4.69, 9.17) is 14.5 Å². The third-order valence-corrected chi connectivity index (χ3v) is 11.4. The van der Waals surface area contributed by atoms with Crippen LogP contribution < -0.4 is 10.6 Å². The number of ether oxygens (including phenoxy) is 2. The van der Waals surface area contributed by atoms with Crippen LogP contribution in [0.5, 0.6) is 0 Å². The number of anilines is 1. The first-order valence-corrected chi connectivity index (χ1v) is 18.7. The third kappa shape index (κ3) is 8.12. The first kappa shape index (κ1) is 34.1. The lowest BCUT2D eigenvalue weighted by Gasteiger charge is -2.30. The van der Waals surface area contributed by atoms with Crippen molar-refractivity contribution >= 4 is 71.9 Å². The molecule has 2 fully saturated rings. The molecule has 3 aromatic rings. The average molecular weight is 747 g/mol. The molecule has 47 heavy (non-hydrogen) atoms. The van der Waals surface area contributed by atoms with E-state index in [1.165, 1.54) is 11.3 Å². The number of halogens is 1. The first-order chi connectivity index (χ1) is 22.1. The van der Waals surface area contributed by atoms with Crippen LogP contribution in [-0.4, -0.2) is 76.3 Å². The van der Waals surface area contributed by atoms with Crippen molar-refractivity contribution < 1.29 is 23.9 Å². The summed E-state index contributed by atoms with van der Waals surface area (Å²) in [5, 5.41) is 8.46. The lowest BCUT2D eigenvalue weighted by molar-refractivity contribution is -0.116. The number of carbonyl (C=O) groups is 3. The van der Waals surface area contributed by atoms with E-state index in [0.717, 1.165) is 66.6 Å². The molecular weight excluding hydrogens is 702 g/mol. The van der Waals surface area contributed by atoms with Gasteiger partial charge >= 0.3 is 12.2 Å². The molecule has 1 aromatic carbocycles. The Kier molecular flexibility index (Phi) is 9.65. The second-order valence-corrected chi connectivity index (χ2v) is 17.9. The summed E-state index contributed by atoms with van der Waals surface area (Å²) in [4.78, 5) is 48.4. The smallest absolute Gasteiger partial charge is 0.410 e. The molecule has 6 rings (SSSR count). The van der Waals surface area contributed by atoms with Gasteiger partial charge in [0, 0.05) is 53.6 Å². The summed E-state index contributed by atoms with van der Waals surface area (Å²) in [5.41, 5.74) is 1.94. The maximum Gasteiger partial charge on any atom is 0.410 e. The van der Waals surface area contributed by atoms with Gasteiger partial charge in [-0.05, 0) is 96.4 Å². The van der Waals surface area contributed by atoms with Crippen LogP contribution in [0.15, 0.2) is 22.7 Å². The van der Waals surface area contributed by atoms with Crippen molar-refractivity contribution in [3.63, 3.8) is 0 Å². The van der Waals surface area contributed by atoms with Crippen molar-refractivity contribution in [1.82, 2.24) is 20.1 Å². The van der Waals surface area contributed by atoms with Gasteiger partial charge in [-0.1, -0.05) is 15.9 Å². The van der Waals surface area contributed by atoms with Crippen molar-refractivity contribution in [3.8, 4) is 10.6 Å². The standard InChI is InChI=1S/C34H44BrN5O5S2/c1-33(2,3)44-31(42)39-12-10-23-26(18-39)47-30(28(23)29-37-24-15-21(35)7-8-25(24)46-29)38-27(41)9-11-36-22-13-19-16-40(17-20(19)14-22)32(43)45-34(4,5)6/h7-8,15,19-20,22,36H,9-14,16-18H2,1-6H3,(H,38,41)/t19-,20+,22?. The minimum Gasteiger partial charge on any atom is -0.444 e. The number of benzene rings is 1. The zero-order chi connectivity index (χ0) is 33.7. The van der Waals surface area contributed by atoms with Crippen molar-refractivity contribution in [2.24, 2.45) is 11.8 Å². The first-order valence-electron chi connectivity index (χ1n) is 16.3. The lowest BCUT2D eigenvalue weighted by Crippen LogP contribution is -2.39. The second-order valence-electron chi connectivity index (χ2n) is 14.8. The number of thiazole rings is 1. The maximum atomic E-state index is 13.3. The number of rotatable bonds is 6. The summed E-state index contributed by atoms with van der Waals surface area (Å²) in [6.07, 6.45) is 2.44. The molecule has 4 heterocycles. The van der Waals surface area contributed by atoms with Crippen LogP contribution >= 0.6 is 38.6 Å². The number of aromatic nitrogens is 1. The summed E-state index contributed by atoms with van der Waals surface area (Å²) in [6.45, 7) is 14.3. The molecule has 1 aliphatic carbocycles. The van der Waals surface area contributed by atoms with Crippen molar-refractivity contribution in [2.45, 2.75) is 91.0 Å². The van der Waals surface area contributed by atoms with Crippen molar-refractivity contribution in [3.05, 3.63) is 33.1 Å². The predicted molar refractivity (Wildman–Crippen MR) is 190 cm³/mol. The van der Waals surface area contributed by atoms with Crippen LogP contribution in [-0.2, 0) is 27.2 Å². The number of hydrogen-bond acceptors (Lipinski definition) is 9. The number of thiophene rings is 1. The Hall–Kier alpha value is -2.74. The van der Waals surface area contributed by atoms with E-state index in [1.54, 1.807) is 16.2 Å². The minimum absolute atomic E-state index is 0.0560. The monoisotopic (exact) mass is 745 g/mol. The fourth-order valence-electron chi connectivity index (χ4n) is 6.73. The third-order valence-electron chi connectivity index (χ3n) is 8.71. The quantitative estimate of drug-likeness (QED) is 0.267. The fraction of sp³-hybridized carbons (Fsp3) is 0.588. The Balaban J connectivity index is 1.10. The molecule has 3 amide bonds. The SMILES string of the molecule is CC(C)(C)OC(=O)N1CCc2c(sc(NC(=O)CCNC3C[C@@H]4CN(C(=O)OC(C)(C)C)C[C@@H]4C3)c2-c2nc3cc(Br)ccc3s2)C1. The van der Waals surface area contributed by atoms with Gasteiger partial charge in [-0.25, -0.2) is 14.6 Å². The molecule has 2 aliphatic heterocycles. The Morgan fingerprint density at radius 3 is 2.30 bits per heavy atom. The molecule has 3 atom stereocenters. The number of fused-ring (bicyclic) bond motifs is 3. The Labute approximate surface area is 292 Å². The molecule has 2 aromatic heterocycles. The van der Waals surface area contributed by atoms with E-state index in [2.05, 4.69) is 32.6 Å². The number of nitrogens with one attached hydrogen (secondary N) is 2. The molecule has 1 saturated heterocycles. The highest BCUT2D eigenvalue weighted by atomic mass is 79.9. The Morgan fingerprint density at radius 2 is 1.64 bits per heavy atom. The van der Waals surface area contributed by atoms with Crippen LogP contribution in [0.1, 0.15) is 71.2 Å². The molecule has 254 valence electrons. The zero-order valence-corrected chi connectivity index (χ0v) is 31.1. The van der Waals surface area contributed by atoms with E-state index in [-0.39, 0.29) is 18.1 Å². The fourth-order valence-corrected chi connectivity index (χ4v) is 9.45. The molecule has 1 saturated carbocycles. The van der Waals surface area contributed by atoms with Gasteiger partial charge in [0.1, 0.15) is 21.2 Å². The van der Waals surface area contributed by atoms with Gasteiger partial charge in [-0.2, -0.15) is 0 Å². The molecular formula is C34H44BrN5O5S2. The highest BCUT2D eigenvalue weighted by Crippen LogP contribution is 2.46. The number of hydrogen-bond donors (Lipinski definition) is 2. The van der Waals surface area contributed by atoms with Gasteiger partial charge < -0.3 is 29.9 Å². The number of likely N-dealkylation sites (tertiary alicyclic amines) is 1.